The summed E-state index contributed by atoms with van der Waals surface area (Å²) in [5, 5.41) is 8.81. The fraction of sp³-hybridized carbons (Fsp3) is 0.200. The Morgan fingerprint density at radius 1 is 1.29 bits per heavy atom. The minimum atomic E-state index is 0.496. The average molecular weight is 189 g/mol. The SMILES string of the molecule is NCCOc1cnnc2ccccc12. The van der Waals surface area contributed by atoms with E-state index in [4.69, 9.17) is 10.5 Å². The third-order valence-electron chi connectivity index (χ3n) is 1.89. The van der Waals surface area contributed by atoms with Gasteiger partial charge in [-0.2, -0.15) is 10.2 Å². The highest BCUT2D eigenvalue weighted by Crippen LogP contribution is 2.21. The number of hydrogen-bond acceptors (Lipinski definition) is 4. The molecule has 0 aliphatic heterocycles. The van der Waals surface area contributed by atoms with Crippen LogP contribution in [0.3, 0.4) is 0 Å². The molecule has 4 heteroatoms. The molecule has 4 nitrogen and oxygen atoms in total. The van der Waals surface area contributed by atoms with Crippen LogP contribution in [-0.4, -0.2) is 23.3 Å². The van der Waals surface area contributed by atoms with E-state index in [1.54, 1.807) is 6.20 Å². The molecule has 2 rings (SSSR count). The number of ether oxygens (including phenoxy) is 1. The minimum Gasteiger partial charge on any atom is -0.490 e. The summed E-state index contributed by atoms with van der Waals surface area (Å²) in [5.41, 5.74) is 6.19. The first kappa shape index (κ1) is 8.90. The molecular weight excluding hydrogens is 178 g/mol. The number of aromatic nitrogens is 2. The molecule has 0 bridgehead atoms. The van der Waals surface area contributed by atoms with Gasteiger partial charge in [0, 0.05) is 11.9 Å². The molecule has 14 heavy (non-hydrogen) atoms. The van der Waals surface area contributed by atoms with Crippen LogP contribution in [0, 0.1) is 0 Å². The standard InChI is InChI=1S/C10H11N3O/c11-5-6-14-10-7-12-13-9-4-2-1-3-8(9)10/h1-4,7H,5-6,11H2. The lowest BCUT2D eigenvalue weighted by Crippen LogP contribution is -2.11. The Kier molecular flexibility index (Phi) is 2.55. The molecule has 2 aromatic rings. The fourth-order valence-electron chi connectivity index (χ4n) is 1.27. The molecule has 2 N–H and O–H groups in total. The van der Waals surface area contributed by atoms with Crippen LogP contribution in [0.1, 0.15) is 0 Å². The average Bonchev–Trinajstić information content (AvgIpc) is 2.26. The van der Waals surface area contributed by atoms with Gasteiger partial charge in [0.05, 0.1) is 11.7 Å². The Hall–Kier alpha value is -1.68. The maximum atomic E-state index is 5.44. The maximum Gasteiger partial charge on any atom is 0.148 e. The molecule has 1 aromatic heterocycles. The molecule has 0 spiro atoms. The fourth-order valence-corrected chi connectivity index (χ4v) is 1.27. The van der Waals surface area contributed by atoms with E-state index in [0.717, 1.165) is 16.7 Å². The maximum absolute atomic E-state index is 5.44. The first-order chi connectivity index (χ1) is 6.92. The molecule has 0 unspecified atom stereocenters. The zero-order valence-electron chi connectivity index (χ0n) is 7.68. The van der Waals surface area contributed by atoms with Crippen molar-refractivity contribution in [3.8, 4) is 5.75 Å². The Morgan fingerprint density at radius 2 is 2.14 bits per heavy atom. The topological polar surface area (TPSA) is 61.0 Å². The van der Waals surface area contributed by atoms with Crippen LogP contribution in [0.5, 0.6) is 5.75 Å². The molecule has 1 heterocycles. The highest BCUT2D eigenvalue weighted by Gasteiger charge is 2.01. The summed E-state index contributed by atoms with van der Waals surface area (Å²) >= 11 is 0. The summed E-state index contributed by atoms with van der Waals surface area (Å²) in [6, 6.07) is 7.72. The van der Waals surface area contributed by atoms with Gasteiger partial charge in [0.1, 0.15) is 12.4 Å². The minimum absolute atomic E-state index is 0.496. The Morgan fingerprint density at radius 3 is 3.00 bits per heavy atom. The Labute approximate surface area is 81.7 Å². The van der Waals surface area contributed by atoms with E-state index in [1.165, 1.54) is 0 Å². The Balaban J connectivity index is 2.43. The lowest BCUT2D eigenvalue weighted by Gasteiger charge is -2.05. The summed E-state index contributed by atoms with van der Waals surface area (Å²) in [5.74, 6) is 0.737. The van der Waals surface area contributed by atoms with Gasteiger partial charge >= 0.3 is 0 Å². The van der Waals surface area contributed by atoms with Crippen molar-refractivity contribution in [2.45, 2.75) is 0 Å². The quantitative estimate of drug-likeness (QED) is 0.781. The third-order valence-corrected chi connectivity index (χ3v) is 1.89. The predicted molar refractivity (Wildman–Crippen MR) is 54.1 cm³/mol. The van der Waals surface area contributed by atoms with E-state index in [1.807, 2.05) is 24.3 Å². The predicted octanol–water partition coefficient (Wildman–Crippen LogP) is 0.967. The molecule has 0 aliphatic carbocycles. The zero-order valence-corrected chi connectivity index (χ0v) is 7.68. The summed E-state index contributed by atoms with van der Waals surface area (Å²) in [4.78, 5) is 0. The van der Waals surface area contributed by atoms with Crippen LogP contribution in [0.2, 0.25) is 0 Å². The van der Waals surface area contributed by atoms with E-state index < -0.39 is 0 Å². The van der Waals surface area contributed by atoms with Crippen molar-refractivity contribution in [2.75, 3.05) is 13.2 Å². The summed E-state index contributed by atoms with van der Waals surface area (Å²) < 4.78 is 5.44. The van der Waals surface area contributed by atoms with Crippen molar-refractivity contribution < 1.29 is 4.74 Å². The third kappa shape index (κ3) is 1.65. The summed E-state index contributed by atoms with van der Waals surface area (Å²) in [7, 11) is 0. The smallest absolute Gasteiger partial charge is 0.148 e. The van der Waals surface area contributed by atoms with Crippen molar-refractivity contribution in [1.29, 1.82) is 0 Å². The van der Waals surface area contributed by atoms with Gasteiger partial charge in [-0.25, -0.2) is 0 Å². The number of nitrogens with two attached hydrogens (primary N) is 1. The van der Waals surface area contributed by atoms with Gasteiger partial charge in [-0.1, -0.05) is 12.1 Å². The summed E-state index contributed by atoms with van der Waals surface area (Å²) in [6.07, 6.45) is 1.61. The molecule has 0 atom stereocenters. The van der Waals surface area contributed by atoms with Crippen LogP contribution in [0.4, 0.5) is 0 Å². The number of rotatable bonds is 3. The normalized spacial score (nSPS) is 10.4. The van der Waals surface area contributed by atoms with Crippen LogP contribution in [0.15, 0.2) is 30.5 Å². The van der Waals surface area contributed by atoms with E-state index in [2.05, 4.69) is 10.2 Å². The van der Waals surface area contributed by atoms with Crippen molar-refractivity contribution in [3.63, 3.8) is 0 Å². The van der Waals surface area contributed by atoms with Gasteiger partial charge in [-0.15, -0.1) is 0 Å². The monoisotopic (exact) mass is 189 g/mol. The first-order valence-corrected chi connectivity index (χ1v) is 4.45. The lowest BCUT2D eigenvalue weighted by molar-refractivity contribution is 0.330. The number of nitrogens with zero attached hydrogens (tertiary/aromatic N) is 2. The van der Waals surface area contributed by atoms with Crippen molar-refractivity contribution >= 4 is 10.9 Å². The van der Waals surface area contributed by atoms with Crippen molar-refractivity contribution in [3.05, 3.63) is 30.5 Å². The van der Waals surface area contributed by atoms with Gasteiger partial charge in [-0.05, 0) is 12.1 Å². The Bertz CT molecular complexity index is 425. The summed E-state index contributed by atoms with van der Waals surface area (Å²) in [6.45, 7) is 0.992. The molecule has 0 aliphatic rings. The molecule has 1 aromatic carbocycles. The molecule has 0 saturated carbocycles. The largest absolute Gasteiger partial charge is 0.490 e. The molecule has 72 valence electrons. The first-order valence-electron chi connectivity index (χ1n) is 4.45. The number of hydrogen-bond donors (Lipinski definition) is 1. The molecule has 0 fully saturated rings. The molecule has 0 radical (unpaired) electrons. The van der Waals surface area contributed by atoms with Gasteiger partial charge in [-0.3, -0.25) is 0 Å². The lowest BCUT2D eigenvalue weighted by atomic mass is 10.2. The van der Waals surface area contributed by atoms with Crippen molar-refractivity contribution in [1.82, 2.24) is 10.2 Å². The second-order valence-corrected chi connectivity index (χ2v) is 2.86. The molecular formula is C10H11N3O. The van der Waals surface area contributed by atoms with Gasteiger partial charge in [0.15, 0.2) is 0 Å². The van der Waals surface area contributed by atoms with Crippen LogP contribution >= 0.6 is 0 Å². The van der Waals surface area contributed by atoms with Gasteiger partial charge in [0.25, 0.3) is 0 Å². The van der Waals surface area contributed by atoms with Crippen LogP contribution in [-0.2, 0) is 0 Å². The van der Waals surface area contributed by atoms with E-state index in [-0.39, 0.29) is 0 Å². The number of fused-ring (bicyclic) bond motifs is 1. The molecule has 0 amide bonds. The zero-order chi connectivity index (χ0) is 9.80. The van der Waals surface area contributed by atoms with Crippen molar-refractivity contribution in [2.24, 2.45) is 5.73 Å². The van der Waals surface area contributed by atoms with Crippen LogP contribution < -0.4 is 10.5 Å². The number of benzene rings is 1. The van der Waals surface area contributed by atoms with Crippen LogP contribution in [0.25, 0.3) is 10.9 Å². The highest BCUT2D eigenvalue weighted by atomic mass is 16.5. The molecule has 0 saturated heterocycles. The second-order valence-electron chi connectivity index (χ2n) is 2.86. The highest BCUT2D eigenvalue weighted by molar-refractivity contribution is 5.83. The second kappa shape index (κ2) is 4.02. The van der Waals surface area contributed by atoms with Gasteiger partial charge in [0.2, 0.25) is 0 Å². The van der Waals surface area contributed by atoms with Gasteiger partial charge < -0.3 is 10.5 Å². The van der Waals surface area contributed by atoms with E-state index in [9.17, 15) is 0 Å². The van der Waals surface area contributed by atoms with E-state index in [0.29, 0.717) is 13.2 Å². The van der Waals surface area contributed by atoms with E-state index >= 15 is 0 Å².